The van der Waals surface area contributed by atoms with Gasteiger partial charge in [-0.3, -0.25) is 9.36 Å². The molecular formula is C27H29N5O3S2. The smallest absolute Gasteiger partial charge is 0.238 e. The van der Waals surface area contributed by atoms with Gasteiger partial charge in [0.1, 0.15) is 0 Å². The first-order valence-electron chi connectivity index (χ1n) is 11.6. The molecule has 0 saturated carbocycles. The van der Waals surface area contributed by atoms with Gasteiger partial charge in [-0.2, -0.15) is 0 Å². The standard InChI is InChI=1S/C27H29N5O3S2/c1-18-7-5-6-8-23(18)32-25(19-9-11-20(12-10-19)27(2,3)4)30-31-26(32)36-17-24(33)29-21-13-15-22(16-14-21)37(28,34)35/h5-16H,17H2,1-4H3,(H,29,33)(H2,28,34,35). The Bertz CT molecular complexity index is 1520. The molecule has 0 atom stereocenters. The first kappa shape index (κ1) is 26.6. The Hall–Kier alpha value is -3.47. The predicted octanol–water partition coefficient (Wildman–Crippen LogP) is 4.92. The van der Waals surface area contributed by atoms with E-state index in [-0.39, 0.29) is 22.0 Å². The fourth-order valence-electron chi connectivity index (χ4n) is 3.76. The number of thioether (sulfide) groups is 1. The highest BCUT2D eigenvalue weighted by Crippen LogP contribution is 2.31. The van der Waals surface area contributed by atoms with E-state index in [1.165, 1.54) is 41.6 Å². The molecule has 1 amide bonds. The largest absolute Gasteiger partial charge is 0.325 e. The molecule has 0 radical (unpaired) electrons. The maximum atomic E-state index is 12.7. The first-order chi connectivity index (χ1) is 17.4. The second kappa shape index (κ2) is 10.5. The molecule has 8 nitrogen and oxygen atoms in total. The Labute approximate surface area is 221 Å². The summed E-state index contributed by atoms with van der Waals surface area (Å²) in [6.07, 6.45) is 0. The summed E-state index contributed by atoms with van der Waals surface area (Å²) in [4.78, 5) is 12.6. The topological polar surface area (TPSA) is 120 Å². The molecule has 0 bridgehead atoms. The summed E-state index contributed by atoms with van der Waals surface area (Å²) < 4.78 is 24.8. The normalized spacial score (nSPS) is 11.9. The fraction of sp³-hybridized carbons (Fsp3) is 0.222. The zero-order valence-corrected chi connectivity index (χ0v) is 22.7. The zero-order chi connectivity index (χ0) is 26.8. The molecule has 1 heterocycles. The number of aromatic nitrogens is 3. The molecule has 192 valence electrons. The quantitative estimate of drug-likeness (QED) is 0.324. The molecule has 0 fully saturated rings. The van der Waals surface area contributed by atoms with Gasteiger partial charge in [-0.1, -0.05) is 75.0 Å². The van der Waals surface area contributed by atoms with E-state index in [9.17, 15) is 13.2 Å². The minimum atomic E-state index is -3.79. The van der Waals surface area contributed by atoms with Crippen molar-refractivity contribution < 1.29 is 13.2 Å². The third-order valence-corrected chi connectivity index (χ3v) is 7.66. The van der Waals surface area contributed by atoms with Crippen molar-refractivity contribution in [2.24, 2.45) is 5.14 Å². The highest BCUT2D eigenvalue weighted by Gasteiger charge is 2.20. The van der Waals surface area contributed by atoms with Crippen LogP contribution in [-0.2, 0) is 20.2 Å². The van der Waals surface area contributed by atoms with Crippen molar-refractivity contribution in [3.8, 4) is 17.1 Å². The molecule has 0 aliphatic heterocycles. The van der Waals surface area contributed by atoms with E-state index < -0.39 is 10.0 Å². The SMILES string of the molecule is Cc1ccccc1-n1c(SCC(=O)Nc2ccc(S(N)(=O)=O)cc2)nnc1-c1ccc(C(C)(C)C)cc1. The average Bonchev–Trinajstić information content (AvgIpc) is 3.26. The number of nitrogens with one attached hydrogen (secondary N) is 1. The van der Waals surface area contributed by atoms with E-state index >= 15 is 0 Å². The summed E-state index contributed by atoms with van der Waals surface area (Å²) >= 11 is 1.27. The van der Waals surface area contributed by atoms with E-state index in [0.29, 0.717) is 16.7 Å². The number of amides is 1. The lowest BCUT2D eigenvalue weighted by Crippen LogP contribution is -2.15. The van der Waals surface area contributed by atoms with E-state index in [4.69, 9.17) is 5.14 Å². The second-order valence-corrected chi connectivity index (χ2v) is 12.2. The van der Waals surface area contributed by atoms with E-state index in [1.807, 2.05) is 47.9 Å². The molecule has 3 aromatic carbocycles. The Morgan fingerprint density at radius 2 is 1.62 bits per heavy atom. The van der Waals surface area contributed by atoms with Gasteiger partial charge in [-0.05, 0) is 53.8 Å². The van der Waals surface area contributed by atoms with Crippen molar-refractivity contribution in [2.45, 2.75) is 43.2 Å². The van der Waals surface area contributed by atoms with Gasteiger partial charge in [-0.25, -0.2) is 13.6 Å². The van der Waals surface area contributed by atoms with Gasteiger partial charge in [0, 0.05) is 11.3 Å². The fourth-order valence-corrected chi connectivity index (χ4v) is 5.02. The number of para-hydroxylation sites is 1. The lowest BCUT2D eigenvalue weighted by Gasteiger charge is -2.19. The number of hydrogen-bond acceptors (Lipinski definition) is 6. The molecule has 4 aromatic rings. The molecule has 10 heteroatoms. The molecule has 0 aliphatic carbocycles. The second-order valence-electron chi connectivity index (χ2n) is 9.66. The number of carbonyl (C=O) groups is 1. The van der Waals surface area contributed by atoms with Gasteiger partial charge in [0.25, 0.3) is 0 Å². The number of rotatable bonds is 7. The lowest BCUT2D eigenvalue weighted by molar-refractivity contribution is -0.113. The van der Waals surface area contributed by atoms with Gasteiger partial charge in [0.15, 0.2) is 11.0 Å². The number of hydrogen-bond donors (Lipinski definition) is 2. The number of primary sulfonamides is 1. The van der Waals surface area contributed by atoms with E-state index in [0.717, 1.165) is 16.8 Å². The van der Waals surface area contributed by atoms with Crippen LogP contribution < -0.4 is 10.5 Å². The van der Waals surface area contributed by atoms with Gasteiger partial charge >= 0.3 is 0 Å². The molecule has 0 spiro atoms. The summed E-state index contributed by atoms with van der Waals surface area (Å²) in [7, 11) is -3.79. The lowest BCUT2D eigenvalue weighted by atomic mass is 9.87. The van der Waals surface area contributed by atoms with Crippen LogP contribution in [0.25, 0.3) is 17.1 Å². The third-order valence-electron chi connectivity index (χ3n) is 5.80. The molecule has 1 aromatic heterocycles. The molecule has 3 N–H and O–H groups in total. The van der Waals surface area contributed by atoms with Gasteiger partial charge in [0.2, 0.25) is 15.9 Å². The van der Waals surface area contributed by atoms with Crippen LogP contribution in [0.15, 0.2) is 82.8 Å². The predicted molar refractivity (Wildman–Crippen MR) is 147 cm³/mol. The van der Waals surface area contributed by atoms with E-state index in [2.05, 4.69) is 48.4 Å². The number of aryl methyl sites for hydroxylation is 1. The average molecular weight is 536 g/mol. The Kier molecular flexibility index (Phi) is 7.54. The van der Waals surface area contributed by atoms with Crippen LogP contribution in [0.2, 0.25) is 0 Å². The molecule has 0 aliphatic rings. The van der Waals surface area contributed by atoms with Crippen molar-refractivity contribution in [3.63, 3.8) is 0 Å². The van der Waals surface area contributed by atoms with E-state index in [1.54, 1.807) is 0 Å². The number of anilines is 1. The monoisotopic (exact) mass is 535 g/mol. The van der Waals surface area contributed by atoms with Crippen molar-refractivity contribution in [3.05, 3.63) is 83.9 Å². The number of carbonyl (C=O) groups excluding carboxylic acids is 1. The molecule has 0 unspecified atom stereocenters. The van der Waals surface area contributed by atoms with Crippen molar-refractivity contribution in [2.75, 3.05) is 11.1 Å². The minimum Gasteiger partial charge on any atom is -0.325 e. The summed E-state index contributed by atoms with van der Waals surface area (Å²) in [5.41, 5.74) is 4.64. The molecule has 4 rings (SSSR count). The van der Waals surface area contributed by atoms with Crippen LogP contribution >= 0.6 is 11.8 Å². The van der Waals surface area contributed by atoms with Crippen molar-refractivity contribution in [1.29, 1.82) is 0 Å². The van der Waals surface area contributed by atoms with Gasteiger partial charge in [-0.15, -0.1) is 10.2 Å². The Morgan fingerprint density at radius 3 is 2.22 bits per heavy atom. The molecular weight excluding hydrogens is 506 g/mol. The summed E-state index contributed by atoms with van der Waals surface area (Å²) in [5.74, 6) is 0.518. The number of benzene rings is 3. The summed E-state index contributed by atoms with van der Waals surface area (Å²) in [6, 6.07) is 22.0. The maximum absolute atomic E-state index is 12.7. The number of sulfonamides is 1. The first-order valence-corrected chi connectivity index (χ1v) is 14.1. The highest BCUT2D eigenvalue weighted by molar-refractivity contribution is 7.99. The maximum Gasteiger partial charge on any atom is 0.238 e. The van der Waals surface area contributed by atoms with Crippen molar-refractivity contribution in [1.82, 2.24) is 14.8 Å². The van der Waals surface area contributed by atoms with Crippen LogP contribution in [0.3, 0.4) is 0 Å². The minimum absolute atomic E-state index is 0.0192. The third kappa shape index (κ3) is 6.27. The zero-order valence-electron chi connectivity index (χ0n) is 21.1. The highest BCUT2D eigenvalue weighted by atomic mass is 32.2. The Balaban J connectivity index is 1.58. The summed E-state index contributed by atoms with van der Waals surface area (Å²) in [5, 5.41) is 17.4. The Morgan fingerprint density at radius 1 is 0.973 bits per heavy atom. The molecule has 0 saturated heterocycles. The van der Waals surface area contributed by atoms with Crippen LogP contribution in [-0.4, -0.2) is 34.8 Å². The number of nitrogens with two attached hydrogens (primary N) is 1. The van der Waals surface area contributed by atoms with Crippen molar-refractivity contribution >= 4 is 33.4 Å². The van der Waals surface area contributed by atoms with Gasteiger partial charge in [0.05, 0.1) is 16.3 Å². The van der Waals surface area contributed by atoms with Crippen LogP contribution in [0.5, 0.6) is 0 Å². The van der Waals surface area contributed by atoms with Crippen LogP contribution in [0, 0.1) is 6.92 Å². The summed E-state index contributed by atoms with van der Waals surface area (Å²) in [6.45, 7) is 8.54. The van der Waals surface area contributed by atoms with Crippen LogP contribution in [0.1, 0.15) is 31.9 Å². The van der Waals surface area contributed by atoms with Gasteiger partial charge < -0.3 is 5.32 Å². The molecule has 37 heavy (non-hydrogen) atoms. The van der Waals surface area contributed by atoms with Crippen LogP contribution in [0.4, 0.5) is 5.69 Å². The number of nitrogens with zero attached hydrogens (tertiary/aromatic N) is 3.